The van der Waals surface area contributed by atoms with Crippen molar-refractivity contribution in [2.75, 3.05) is 6.54 Å². The van der Waals surface area contributed by atoms with Crippen molar-refractivity contribution < 1.29 is 0 Å². The Morgan fingerprint density at radius 2 is 2.05 bits per heavy atom. The average Bonchev–Trinajstić information content (AvgIpc) is 2.96. The van der Waals surface area contributed by atoms with Crippen LogP contribution in [0.1, 0.15) is 64.1 Å². The molecule has 0 aliphatic heterocycles. The summed E-state index contributed by atoms with van der Waals surface area (Å²) < 4.78 is 1.94. The normalized spacial score (nSPS) is 18.1. The Labute approximate surface area is 124 Å². The first-order valence-electron chi connectivity index (χ1n) is 8.27. The van der Waals surface area contributed by atoms with Gasteiger partial charge in [0.1, 0.15) is 0 Å². The summed E-state index contributed by atoms with van der Waals surface area (Å²) in [4.78, 5) is 0. The molecule has 0 bridgehead atoms. The van der Waals surface area contributed by atoms with Gasteiger partial charge in [-0.15, -0.1) is 0 Å². The molecule has 1 aromatic heterocycles. The van der Waals surface area contributed by atoms with Crippen molar-refractivity contribution in [2.24, 2.45) is 18.4 Å². The van der Waals surface area contributed by atoms with Crippen molar-refractivity contribution in [1.29, 1.82) is 0 Å². The van der Waals surface area contributed by atoms with Crippen LogP contribution < -0.4 is 5.32 Å². The number of rotatable bonds is 7. The molecule has 0 amide bonds. The van der Waals surface area contributed by atoms with Gasteiger partial charge in [0.2, 0.25) is 0 Å². The lowest BCUT2D eigenvalue weighted by Gasteiger charge is -2.31. The maximum Gasteiger partial charge on any atom is 0.0666 e. The molecule has 0 aromatic carbocycles. The third-order valence-corrected chi connectivity index (χ3v) is 4.65. The van der Waals surface area contributed by atoms with E-state index in [4.69, 9.17) is 0 Å². The Kier molecular flexibility index (Phi) is 5.25. The molecule has 3 heteroatoms. The highest BCUT2D eigenvalue weighted by Gasteiger charge is 2.33. The molecule has 1 N–H and O–H groups in total. The first kappa shape index (κ1) is 15.6. The molecule has 1 aliphatic carbocycles. The van der Waals surface area contributed by atoms with Crippen molar-refractivity contribution in [3.63, 3.8) is 0 Å². The molecule has 1 fully saturated rings. The fourth-order valence-corrected chi connectivity index (χ4v) is 3.94. The minimum absolute atomic E-state index is 0.558. The van der Waals surface area contributed by atoms with Crippen molar-refractivity contribution in [2.45, 2.75) is 65.8 Å². The molecule has 0 radical (unpaired) electrons. The maximum atomic E-state index is 4.52. The molecular formula is C17H31N3. The van der Waals surface area contributed by atoms with Crippen LogP contribution in [0.2, 0.25) is 0 Å². The maximum absolute atomic E-state index is 4.52. The van der Waals surface area contributed by atoms with E-state index < -0.39 is 0 Å². The third-order valence-electron chi connectivity index (χ3n) is 4.65. The summed E-state index contributed by atoms with van der Waals surface area (Å²) in [6, 6.07) is 0. The number of nitrogens with zero attached hydrogens (tertiary/aromatic N) is 2. The smallest absolute Gasteiger partial charge is 0.0666 e. The van der Waals surface area contributed by atoms with Gasteiger partial charge in [-0.25, -0.2) is 0 Å². The summed E-state index contributed by atoms with van der Waals surface area (Å²) >= 11 is 0. The monoisotopic (exact) mass is 277 g/mol. The van der Waals surface area contributed by atoms with Crippen LogP contribution in [0.3, 0.4) is 0 Å². The zero-order valence-electron chi connectivity index (χ0n) is 13.7. The van der Waals surface area contributed by atoms with Gasteiger partial charge in [-0.1, -0.05) is 33.6 Å². The lowest BCUT2D eigenvalue weighted by Crippen LogP contribution is -2.33. The standard InChI is InChI=1S/C17H31N3/c1-5-16-15(12-20(4)19-16)11-18-13-17(10-14(2)3)8-6-7-9-17/h12,14,18H,5-11,13H2,1-4H3. The Balaban J connectivity index is 1.90. The van der Waals surface area contributed by atoms with Gasteiger partial charge in [-0.2, -0.15) is 5.10 Å². The number of aryl methyl sites for hydroxylation is 2. The molecule has 1 aromatic rings. The first-order valence-corrected chi connectivity index (χ1v) is 8.27. The number of aromatic nitrogens is 2. The van der Waals surface area contributed by atoms with Gasteiger partial charge in [0.25, 0.3) is 0 Å². The molecule has 0 atom stereocenters. The SMILES string of the molecule is CCc1nn(C)cc1CNCC1(CC(C)C)CCCC1. The summed E-state index contributed by atoms with van der Waals surface area (Å²) in [5.41, 5.74) is 3.17. The molecule has 0 saturated heterocycles. The second kappa shape index (κ2) is 6.75. The molecule has 0 unspecified atom stereocenters. The van der Waals surface area contributed by atoms with Gasteiger partial charge >= 0.3 is 0 Å². The molecule has 2 rings (SSSR count). The molecule has 1 saturated carbocycles. The van der Waals surface area contributed by atoms with Crippen LogP contribution >= 0.6 is 0 Å². The van der Waals surface area contributed by atoms with E-state index in [9.17, 15) is 0 Å². The van der Waals surface area contributed by atoms with Gasteiger partial charge in [0.05, 0.1) is 5.69 Å². The van der Waals surface area contributed by atoms with Crippen LogP contribution in [-0.2, 0) is 20.0 Å². The predicted octanol–water partition coefficient (Wildman–Crippen LogP) is 3.68. The van der Waals surface area contributed by atoms with E-state index in [0.717, 1.165) is 18.9 Å². The summed E-state index contributed by atoms with van der Waals surface area (Å²) in [5, 5.41) is 8.25. The second-order valence-electron chi connectivity index (χ2n) is 7.04. The van der Waals surface area contributed by atoms with Crippen molar-refractivity contribution in [3.05, 3.63) is 17.5 Å². The molecule has 1 heterocycles. The molecule has 0 spiro atoms. The molecule has 1 aliphatic rings. The number of hydrogen-bond acceptors (Lipinski definition) is 2. The van der Waals surface area contributed by atoms with E-state index in [1.807, 2.05) is 11.7 Å². The highest BCUT2D eigenvalue weighted by atomic mass is 15.3. The van der Waals surface area contributed by atoms with Crippen molar-refractivity contribution in [3.8, 4) is 0 Å². The fourth-order valence-electron chi connectivity index (χ4n) is 3.94. The van der Waals surface area contributed by atoms with E-state index in [2.05, 4.69) is 37.4 Å². The topological polar surface area (TPSA) is 29.9 Å². The molecule has 20 heavy (non-hydrogen) atoms. The van der Waals surface area contributed by atoms with Crippen LogP contribution in [0.4, 0.5) is 0 Å². The van der Waals surface area contributed by atoms with Crippen LogP contribution in [-0.4, -0.2) is 16.3 Å². The summed E-state index contributed by atoms with van der Waals surface area (Å²) in [6.07, 6.45) is 10.2. The highest BCUT2D eigenvalue weighted by molar-refractivity contribution is 5.16. The Morgan fingerprint density at radius 1 is 1.35 bits per heavy atom. The fraction of sp³-hybridized carbons (Fsp3) is 0.824. The molecular weight excluding hydrogens is 246 g/mol. The van der Waals surface area contributed by atoms with E-state index in [1.165, 1.54) is 49.9 Å². The van der Waals surface area contributed by atoms with Gasteiger partial charge in [0.15, 0.2) is 0 Å². The van der Waals surface area contributed by atoms with E-state index in [1.54, 1.807) is 0 Å². The lowest BCUT2D eigenvalue weighted by molar-refractivity contribution is 0.223. The summed E-state index contributed by atoms with van der Waals surface area (Å²) in [5.74, 6) is 0.805. The van der Waals surface area contributed by atoms with Gasteiger partial charge in [0, 0.05) is 31.9 Å². The van der Waals surface area contributed by atoms with Crippen LogP contribution in [0.15, 0.2) is 6.20 Å². The molecule has 114 valence electrons. The highest BCUT2D eigenvalue weighted by Crippen LogP contribution is 2.42. The largest absolute Gasteiger partial charge is 0.312 e. The Bertz CT molecular complexity index is 414. The summed E-state index contributed by atoms with van der Waals surface area (Å²) in [6.45, 7) is 9.04. The van der Waals surface area contributed by atoms with Crippen molar-refractivity contribution >= 4 is 0 Å². The van der Waals surface area contributed by atoms with Crippen LogP contribution in [0, 0.1) is 11.3 Å². The predicted molar refractivity (Wildman–Crippen MR) is 84.6 cm³/mol. The van der Waals surface area contributed by atoms with E-state index in [0.29, 0.717) is 5.41 Å². The zero-order chi connectivity index (χ0) is 14.6. The van der Waals surface area contributed by atoms with Gasteiger partial charge in [-0.05, 0) is 37.0 Å². The van der Waals surface area contributed by atoms with Gasteiger partial charge < -0.3 is 5.32 Å². The lowest BCUT2D eigenvalue weighted by atomic mass is 9.78. The average molecular weight is 277 g/mol. The Hall–Kier alpha value is -0.830. The number of nitrogens with one attached hydrogen (secondary N) is 1. The minimum atomic E-state index is 0.558. The van der Waals surface area contributed by atoms with E-state index >= 15 is 0 Å². The van der Waals surface area contributed by atoms with Gasteiger partial charge in [-0.3, -0.25) is 4.68 Å². The second-order valence-corrected chi connectivity index (χ2v) is 7.04. The summed E-state index contributed by atoms with van der Waals surface area (Å²) in [7, 11) is 2.01. The van der Waals surface area contributed by atoms with E-state index in [-0.39, 0.29) is 0 Å². The zero-order valence-corrected chi connectivity index (χ0v) is 13.7. The molecule has 3 nitrogen and oxygen atoms in total. The Morgan fingerprint density at radius 3 is 2.65 bits per heavy atom. The minimum Gasteiger partial charge on any atom is -0.312 e. The van der Waals surface area contributed by atoms with Crippen molar-refractivity contribution in [1.82, 2.24) is 15.1 Å². The number of hydrogen-bond donors (Lipinski definition) is 1. The van der Waals surface area contributed by atoms with Crippen LogP contribution in [0.25, 0.3) is 0 Å². The quantitative estimate of drug-likeness (QED) is 0.824. The van der Waals surface area contributed by atoms with Crippen LogP contribution in [0.5, 0.6) is 0 Å². The third kappa shape index (κ3) is 3.85. The first-order chi connectivity index (χ1) is 9.54.